The van der Waals surface area contributed by atoms with Crippen LogP contribution in [0.4, 0.5) is 4.79 Å². The van der Waals surface area contributed by atoms with E-state index < -0.39 is 0 Å². The Bertz CT molecular complexity index is 1210. The summed E-state index contributed by atoms with van der Waals surface area (Å²) in [6.45, 7) is 3.59. The zero-order valence-corrected chi connectivity index (χ0v) is 21.7. The van der Waals surface area contributed by atoms with Gasteiger partial charge in [0.15, 0.2) is 11.5 Å². The lowest BCUT2D eigenvalue weighted by Crippen LogP contribution is -2.41. The summed E-state index contributed by atoms with van der Waals surface area (Å²) in [6, 6.07) is 10.4. The second-order valence-electron chi connectivity index (χ2n) is 9.08. The highest BCUT2D eigenvalue weighted by molar-refractivity contribution is 6.15. The molecule has 0 spiro atoms. The normalized spacial score (nSPS) is 17.0. The van der Waals surface area contributed by atoms with Gasteiger partial charge in [-0.3, -0.25) is 9.59 Å². The van der Waals surface area contributed by atoms with Gasteiger partial charge in [-0.2, -0.15) is 5.10 Å². The van der Waals surface area contributed by atoms with E-state index in [9.17, 15) is 14.4 Å². The second-order valence-corrected chi connectivity index (χ2v) is 9.08. The lowest BCUT2D eigenvalue weighted by molar-refractivity contribution is -0.127. The number of urea groups is 1. The number of benzene rings is 2. The minimum absolute atomic E-state index is 0.137. The van der Waals surface area contributed by atoms with Crippen LogP contribution in [0.15, 0.2) is 41.5 Å². The van der Waals surface area contributed by atoms with Gasteiger partial charge in [-0.25, -0.2) is 9.80 Å². The van der Waals surface area contributed by atoms with Gasteiger partial charge in [-0.15, -0.1) is 0 Å². The van der Waals surface area contributed by atoms with E-state index in [-0.39, 0.29) is 23.9 Å². The van der Waals surface area contributed by atoms with Crippen molar-refractivity contribution in [3.8, 4) is 11.5 Å². The van der Waals surface area contributed by atoms with Crippen molar-refractivity contribution in [2.45, 2.75) is 32.2 Å². The molecule has 1 unspecified atom stereocenters. The van der Waals surface area contributed by atoms with E-state index in [0.717, 1.165) is 29.7 Å². The first-order chi connectivity index (χ1) is 17.9. The third kappa shape index (κ3) is 5.52. The molecule has 4 rings (SSSR count). The molecule has 196 valence electrons. The average Bonchev–Trinajstić information content (AvgIpc) is 3.26. The molecule has 4 amide bonds. The number of hydrazone groups is 1. The molecule has 1 saturated heterocycles. The molecule has 1 fully saturated rings. The van der Waals surface area contributed by atoms with Crippen LogP contribution in [-0.2, 0) is 11.2 Å². The van der Waals surface area contributed by atoms with Crippen LogP contribution in [0.1, 0.15) is 46.8 Å². The highest BCUT2D eigenvalue weighted by atomic mass is 16.5. The molecular formula is C27H33N5O5. The molecule has 0 radical (unpaired) electrons. The Morgan fingerprint density at radius 2 is 1.81 bits per heavy atom. The Kier molecular flexibility index (Phi) is 7.95. The fraction of sp³-hybridized carbons (Fsp3) is 0.407. The molecule has 2 aromatic carbocycles. The summed E-state index contributed by atoms with van der Waals surface area (Å²) >= 11 is 0. The predicted octanol–water partition coefficient (Wildman–Crippen LogP) is 2.39. The summed E-state index contributed by atoms with van der Waals surface area (Å²) in [5.41, 5.74) is 3.62. The monoisotopic (exact) mass is 507 g/mol. The Balaban J connectivity index is 1.61. The zero-order chi connectivity index (χ0) is 26.5. The van der Waals surface area contributed by atoms with Gasteiger partial charge in [-0.1, -0.05) is 12.1 Å². The van der Waals surface area contributed by atoms with E-state index >= 15 is 0 Å². The number of carbonyl (C=O) groups excluding carboxylic acids is 3. The van der Waals surface area contributed by atoms with Gasteiger partial charge < -0.3 is 25.0 Å². The van der Waals surface area contributed by atoms with E-state index in [2.05, 4.69) is 10.6 Å². The largest absolute Gasteiger partial charge is 0.493 e. The number of hydrogen-bond donors (Lipinski definition) is 2. The molecule has 2 N–H and O–H groups in total. The van der Waals surface area contributed by atoms with Crippen molar-refractivity contribution in [1.29, 1.82) is 0 Å². The van der Waals surface area contributed by atoms with Crippen molar-refractivity contribution in [3.05, 3.63) is 58.7 Å². The number of hydrogen-bond acceptors (Lipinski definition) is 6. The number of methoxy groups -OCH3 is 2. The fourth-order valence-electron chi connectivity index (χ4n) is 4.68. The van der Waals surface area contributed by atoms with Gasteiger partial charge in [0, 0.05) is 49.8 Å². The van der Waals surface area contributed by atoms with Crippen LogP contribution in [0.3, 0.4) is 0 Å². The summed E-state index contributed by atoms with van der Waals surface area (Å²) in [6.07, 6.45) is 2.02. The van der Waals surface area contributed by atoms with Gasteiger partial charge in [0.25, 0.3) is 5.91 Å². The molecule has 2 aliphatic heterocycles. The van der Waals surface area contributed by atoms with Crippen LogP contribution in [0.2, 0.25) is 0 Å². The molecule has 10 heteroatoms. The summed E-state index contributed by atoms with van der Waals surface area (Å²) in [5, 5.41) is 11.7. The molecule has 0 aliphatic carbocycles. The number of rotatable bonds is 7. The Labute approximate surface area is 216 Å². The van der Waals surface area contributed by atoms with Gasteiger partial charge in [-0.05, 0) is 49.6 Å². The van der Waals surface area contributed by atoms with E-state index in [4.69, 9.17) is 14.6 Å². The zero-order valence-electron chi connectivity index (χ0n) is 21.7. The first-order valence-corrected chi connectivity index (χ1v) is 12.4. The molecule has 37 heavy (non-hydrogen) atoms. The van der Waals surface area contributed by atoms with Gasteiger partial charge in [0.1, 0.15) is 0 Å². The first-order valence-electron chi connectivity index (χ1n) is 12.4. The summed E-state index contributed by atoms with van der Waals surface area (Å²) < 4.78 is 11.0. The maximum Gasteiger partial charge on any atom is 0.337 e. The van der Waals surface area contributed by atoms with Crippen LogP contribution in [0.5, 0.6) is 11.5 Å². The van der Waals surface area contributed by atoms with Crippen molar-refractivity contribution < 1.29 is 23.9 Å². The van der Waals surface area contributed by atoms with E-state index in [0.29, 0.717) is 48.7 Å². The van der Waals surface area contributed by atoms with Gasteiger partial charge in [0.2, 0.25) is 5.91 Å². The first kappa shape index (κ1) is 26.0. The number of amides is 4. The lowest BCUT2D eigenvalue weighted by Gasteiger charge is -2.22. The van der Waals surface area contributed by atoms with Crippen molar-refractivity contribution in [3.63, 3.8) is 0 Å². The smallest absolute Gasteiger partial charge is 0.337 e. The Hall–Kier alpha value is -4.08. The maximum atomic E-state index is 12.7. The van der Waals surface area contributed by atoms with Crippen molar-refractivity contribution >= 4 is 23.6 Å². The quantitative estimate of drug-likeness (QED) is 0.598. The predicted molar refractivity (Wildman–Crippen MR) is 139 cm³/mol. The molecular weight excluding hydrogens is 474 g/mol. The fourth-order valence-corrected chi connectivity index (χ4v) is 4.68. The number of nitrogens with one attached hydrogen (secondary N) is 2. The van der Waals surface area contributed by atoms with Crippen LogP contribution >= 0.6 is 0 Å². The second kappa shape index (κ2) is 11.3. The highest BCUT2D eigenvalue weighted by Crippen LogP contribution is 2.34. The van der Waals surface area contributed by atoms with Crippen molar-refractivity contribution in [2.75, 3.05) is 40.9 Å². The molecule has 2 aromatic rings. The van der Waals surface area contributed by atoms with E-state index in [1.54, 1.807) is 38.3 Å². The standard InChI is InChI=1S/C27H33N5O5/c1-17-14-20-15-22(36-3)23(37-4)16-21(20)25(30-32(17)27(35)28-2)18-7-9-19(10-8-18)26(34)29-11-13-31-12-5-6-24(31)33/h7-10,15-17H,5-6,11-14H2,1-4H3,(H,28,35)(H,29,34). The summed E-state index contributed by atoms with van der Waals surface area (Å²) in [7, 11) is 4.73. The molecule has 10 nitrogen and oxygen atoms in total. The number of nitrogens with zero attached hydrogens (tertiary/aromatic N) is 3. The molecule has 0 saturated carbocycles. The van der Waals surface area contributed by atoms with E-state index in [1.165, 1.54) is 5.01 Å². The van der Waals surface area contributed by atoms with Crippen LogP contribution < -0.4 is 20.1 Å². The summed E-state index contributed by atoms with van der Waals surface area (Å²) in [4.78, 5) is 38.9. The molecule has 0 aromatic heterocycles. The van der Waals surface area contributed by atoms with Crippen molar-refractivity contribution in [1.82, 2.24) is 20.5 Å². The SMILES string of the molecule is CNC(=O)N1N=C(c2ccc(C(=O)NCCN3CCCC3=O)cc2)c2cc(OC)c(OC)cc2CC1C. The topological polar surface area (TPSA) is 113 Å². The van der Waals surface area contributed by atoms with Gasteiger partial charge in [0.05, 0.1) is 26.0 Å². The number of carbonyl (C=O) groups is 3. The number of fused-ring (bicyclic) bond motifs is 1. The maximum absolute atomic E-state index is 12.7. The molecule has 2 aliphatic rings. The number of ether oxygens (including phenoxy) is 2. The third-order valence-electron chi connectivity index (χ3n) is 6.69. The van der Waals surface area contributed by atoms with E-state index in [1.807, 2.05) is 31.2 Å². The van der Waals surface area contributed by atoms with Crippen LogP contribution in [0.25, 0.3) is 0 Å². The van der Waals surface area contributed by atoms with Crippen LogP contribution in [0, 0.1) is 0 Å². The minimum atomic E-state index is -0.316. The Morgan fingerprint density at radius 3 is 2.43 bits per heavy atom. The minimum Gasteiger partial charge on any atom is -0.493 e. The summed E-state index contributed by atoms with van der Waals surface area (Å²) in [5.74, 6) is 1.08. The lowest BCUT2D eigenvalue weighted by atomic mass is 9.93. The van der Waals surface area contributed by atoms with Gasteiger partial charge >= 0.3 is 6.03 Å². The average molecular weight is 508 g/mol. The molecule has 2 heterocycles. The third-order valence-corrected chi connectivity index (χ3v) is 6.69. The highest BCUT2D eigenvalue weighted by Gasteiger charge is 2.28. The molecule has 1 atom stereocenters. The number of likely N-dealkylation sites (tertiary alicyclic amines) is 1. The van der Waals surface area contributed by atoms with Crippen molar-refractivity contribution in [2.24, 2.45) is 5.10 Å². The Morgan fingerprint density at radius 1 is 1.11 bits per heavy atom. The molecule has 0 bridgehead atoms. The van der Waals surface area contributed by atoms with Crippen LogP contribution in [-0.4, -0.2) is 80.4 Å².